The van der Waals surface area contributed by atoms with E-state index in [0.717, 1.165) is 143 Å². The van der Waals surface area contributed by atoms with E-state index in [2.05, 4.69) is 129 Å². The van der Waals surface area contributed by atoms with Gasteiger partial charge in [0.2, 0.25) is 23.6 Å². The summed E-state index contributed by atoms with van der Waals surface area (Å²) in [5.74, 6) is 5.28. The SMILES string of the molecule is CCCC(C)COc1ccc([C@H](CNC(=O)[C@@H](N)[C@H](C)CC)CC(=O)[C@@H](C)c2ccccc2)cc1.CCCC(C)COc1ccc([C@H](CNCC(C)CC)NC(=O)[C@@H](C)c2ccccc2)cc1.CCCC(C)COc1ccc([C@H](CNCc2ccccn2)NC(=O)[C@@H](C)c2ccccc2)cc1.CCCC(C)COc1ccc([C@H](CNCc2ccncc2)NC(=O)[C@@H](C)c2ccccc2)cc1. The Morgan fingerprint density at radius 1 is 0.319 bits per heavy atom. The van der Waals surface area contributed by atoms with E-state index in [1.165, 1.54) is 19.3 Å². The summed E-state index contributed by atoms with van der Waals surface area (Å²) in [6.45, 7) is 41.3. The number of benzene rings is 8. The number of nitrogens with one attached hydrogen (secondary N) is 7. The number of carbonyl (C=O) groups excluding carboxylic acids is 5. The van der Waals surface area contributed by atoms with Crippen LogP contribution in [0.2, 0.25) is 0 Å². The molecule has 0 spiro atoms. The van der Waals surface area contributed by atoms with E-state index < -0.39 is 6.04 Å². The van der Waals surface area contributed by atoms with Gasteiger partial charge in [-0.2, -0.15) is 0 Å². The van der Waals surface area contributed by atoms with Gasteiger partial charge in [0.1, 0.15) is 28.8 Å². The highest BCUT2D eigenvalue weighted by molar-refractivity contribution is 5.87. The Hall–Kier alpha value is -11.4. The second-order valence-electron chi connectivity index (χ2n) is 36.9. The first kappa shape index (κ1) is 111. The number of rotatable bonds is 55. The van der Waals surface area contributed by atoms with Crippen molar-refractivity contribution >= 4 is 29.4 Å². The average molecular weight is 1840 g/mol. The van der Waals surface area contributed by atoms with Crippen LogP contribution in [0.1, 0.15) is 285 Å². The molecular weight excluding hydrogens is 1680 g/mol. The molecule has 2 aromatic heterocycles. The number of nitrogens with two attached hydrogens (primary N) is 1. The lowest BCUT2D eigenvalue weighted by Crippen LogP contribution is -2.45. The first-order valence-electron chi connectivity index (χ1n) is 49.8. The van der Waals surface area contributed by atoms with Gasteiger partial charge in [0.25, 0.3) is 0 Å². The van der Waals surface area contributed by atoms with Crippen LogP contribution in [0.3, 0.4) is 0 Å². The fourth-order valence-electron chi connectivity index (χ4n) is 15.6. The average Bonchev–Trinajstić information content (AvgIpc) is 0.853. The Morgan fingerprint density at radius 2 is 0.652 bits per heavy atom. The lowest BCUT2D eigenvalue weighted by Gasteiger charge is -2.23. The van der Waals surface area contributed by atoms with Crippen LogP contribution in [-0.2, 0) is 37.1 Å². The van der Waals surface area contributed by atoms with E-state index in [0.29, 0.717) is 88.5 Å². The lowest BCUT2D eigenvalue weighted by molar-refractivity contribution is -0.124. The molecule has 0 aliphatic rings. The summed E-state index contributed by atoms with van der Waals surface area (Å²) in [6, 6.07) is 80.6. The number of pyridine rings is 2. The maximum atomic E-state index is 13.2. The van der Waals surface area contributed by atoms with Gasteiger partial charge in [0, 0.05) is 76.1 Å². The summed E-state index contributed by atoms with van der Waals surface area (Å²) < 4.78 is 23.8. The minimum absolute atomic E-state index is 0.00422. The number of nitrogens with zero attached hydrogens (tertiary/aromatic N) is 2. The highest BCUT2D eigenvalue weighted by atomic mass is 16.5. The predicted molar refractivity (Wildman–Crippen MR) is 553 cm³/mol. The van der Waals surface area contributed by atoms with E-state index in [1.807, 2.05) is 278 Å². The molecule has 135 heavy (non-hydrogen) atoms. The molecular formula is C116H160N10O9. The first-order chi connectivity index (χ1) is 65.3. The summed E-state index contributed by atoms with van der Waals surface area (Å²) in [7, 11) is 0. The molecule has 8 aromatic carbocycles. The maximum Gasteiger partial charge on any atom is 0.237 e. The van der Waals surface area contributed by atoms with E-state index >= 15 is 0 Å². The second kappa shape index (κ2) is 63.1. The molecule has 19 heteroatoms. The zero-order chi connectivity index (χ0) is 97.5. The van der Waals surface area contributed by atoms with Gasteiger partial charge in [-0.15, -0.1) is 0 Å². The van der Waals surface area contributed by atoms with Crippen LogP contribution in [0.15, 0.2) is 267 Å². The quantitative estimate of drug-likeness (QED) is 0.0176. The van der Waals surface area contributed by atoms with Crippen molar-refractivity contribution in [1.29, 1.82) is 0 Å². The Balaban J connectivity index is 0.000000246. The van der Waals surface area contributed by atoms with Crippen molar-refractivity contribution in [2.24, 2.45) is 41.2 Å². The van der Waals surface area contributed by atoms with Crippen molar-refractivity contribution in [2.75, 3.05) is 59.2 Å². The molecule has 0 saturated carbocycles. The van der Waals surface area contributed by atoms with Gasteiger partial charge in [-0.3, -0.25) is 33.9 Å². The molecule has 728 valence electrons. The first-order valence-corrected chi connectivity index (χ1v) is 49.8. The van der Waals surface area contributed by atoms with Gasteiger partial charge < -0.3 is 61.9 Å². The number of Topliss-reactive ketones (excluding diaryl/α,β-unsaturated/α-hetero) is 1. The van der Waals surface area contributed by atoms with E-state index in [9.17, 15) is 24.0 Å². The fourth-order valence-corrected chi connectivity index (χ4v) is 15.6. The molecule has 10 aromatic rings. The van der Waals surface area contributed by atoms with Gasteiger partial charge >= 0.3 is 0 Å². The number of ketones is 1. The number of ether oxygens (including phenoxy) is 4. The number of amides is 4. The van der Waals surface area contributed by atoms with Crippen LogP contribution in [0.4, 0.5) is 0 Å². The monoisotopic (exact) mass is 1840 g/mol. The third-order valence-electron chi connectivity index (χ3n) is 25.1. The molecule has 0 radical (unpaired) electrons. The Bertz CT molecular complexity index is 4690. The van der Waals surface area contributed by atoms with Crippen LogP contribution in [0, 0.1) is 35.5 Å². The van der Waals surface area contributed by atoms with Crippen molar-refractivity contribution in [3.8, 4) is 23.0 Å². The molecule has 0 fully saturated rings. The minimum atomic E-state index is -0.555. The topological polar surface area (TPSA) is 258 Å². The largest absolute Gasteiger partial charge is 0.493 e. The van der Waals surface area contributed by atoms with Gasteiger partial charge in [0.15, 0.2) is 0 Å². The Morgan fingerprint density at radius 3 is 0.985 bits per heavy atom. The van der Waals surface area contributed by atoms with Gasteiger partial charge in [-0.05, 0) is 211 Å². The van der Waals surface area contributed by atoms with Crippen LogP contribution in [0.25, 0.3) is 0 Å². The van der Waals surface area contributed by atoms with Crippen LogP contribution in [0.5, 0.6) is 23.0 Å². The zero-order valence-corrected chi connectivity index (χ0v) is 83.8. The van der Waals surface area contributed by atoms with Gasteiger partial charge in [-0.1, -0.05) is 304 Å². The molecule has 2 heterocycles. The predicted octanol–water partition coefficient (Wildman–Crippen LogP) is 23.2. The van der Waals surface area contributed by atoms with Crippen LogP contribution < -0.4 is 61.9 Å². The third-order valence-corrected chi connectivity index (χ3v) is 25.1. The van der Waals surface area contributed by atoms with Crippen molar-refractivity contribution in [3.63, 3.8) is 0 Å². The molecule has 5 unspecified atom stereocenters. The molecule has 15 atom stereocenters. The van der Waals surface area contributed by atoms with Crippen molar-refractivity contribution in [2.45, 2.75) is 248 Å². The molecule has 0 saturated heterocycles. The van der Waals surface area contributed by atoms with Gasteiger partial charge in [-0.25, -0.2) is 0 Å². The second-order valence-corrected chi connectivity index (χ2v) is 36.9. The molecule has 9 N–H and O–H groups in total. The fraction of sp³-hybridized carbons (Fsp3) is 0.457. The highest BCUT2D eigenvalue weighted by Crippen LogP contribution is 2.31. The molecule has 0 aliphatic carbocycles. The summed E-state index contributed by atoms with van der Waals surface area (Å²) in [5, 5.41) is 23.2. The molecule has 19 nitrogen and oxygen atoms in total. The number of aromatic nitrogens is 2. The summed E-state index contributed by atoms with van der Waals surface area (Å²) in [4.78, 5) is 73.5. The van der Waals surface area contributed by atoms with E-state index in [4.69, 9.17) is 24.7 Å². The standard InChI is InChI=1S/C30H44N2O3.2C29H37N3O2.C28H42N2O2/c1-6-11-21(3)20-35-27-16-14-25(15-17-27)26(19-32-30(34)29(31)22(4)7-2)18-28(33)23(5)24-12-9-8-10-13-24;1-4-10-22(2)21-34-27-16-14-25(15-17-27)28(20-30-19-26-13-8-9-18-31-26)32-29(33)23(3)24-11-6-5-7-12-24;1-4-8-22(2)21-34-27-13-11-26(12-14-27)28(20-31-19-24-15-17-30-18-16-24)32-29(33)23(3)25-9-6-5-7-10-25;1-6-11-22(4)20-32-26-16-14-25(15-17-26)27(19-29-18-21(3)7-2)30-28(31)23(5)24-12-9-8-10-13-24/h8-10,12-17,21-23,26,29H,6-7,11,18-20,31H2,1-5H3,(H,32,34);5-9,11-18,22-23,28,30H,4,10,19-21H2,1-3H3,(H,32,33);5-7,9-18,22-23,28,31H,4,8,19-21H2,1-3H3,(H,32,33);8-10,12-17,21-23,27,29H,6-7,11,18-20H2,1-5H3,(H,30,31)/t21?,22-,23+,26+,29+;2*22?,23-,28-;21?,22?,23-,27-/m1000/s1. The van der Waals surface area contributed by atoms with Crippen molar-refractivity contribution < 1.29 is 42.9 Å². The zero-order valence-electron chi connectivity index (χ0n) is 83.8. The van der Waals surface area contributed by atoms with Crippen molar-refractivity contribution in [3.05, 3.63) is 323 Å². The maximum absolute atomic E-state index is 13.2. The van der Waals surface area contributed by atoms with Crippen molar-refractivity contribution in [1.82, 2.24) is 47.2 Å². The van der Waals surface area contributed by atoms with E-state index in [1.54, 1.807) is 18.6 Å². The third kappa shape index (κ3) is 41.4. The highest BCUT2D eigenvalue weighted by Gasteiger charge is 2.28. The molecule has 10 rings (SSSR count). The Labute approximate surface area is 809 Å². The lowest BCUT2D eigenvalue weighted by atomic mass is 9.87. The normalized spacial score (nSPS) is 14.4. The molecule has 4 amide bonds. The van der Waals surface area contributed by atoms with Crippen LogP contribution in [-0.4, -0.2) is 105 Å². The number of hydrogen-bond donors (Lipinski definition) is 8. The number of carbonyl (C=O) groups is 5. The minimum Gasteiger partial charge on any atom is -0.493 e. The molecule has 0 aliphatic heterocycles. The van der Waals surface area contributed by atoms with E-state index in [-0.39, 0.29) is 83.0 Å². The Kier molecular flexibility index (Phi) is 51.7. The number of hydrogen-bond acceptors (Lipinski definition) is 15. The summed E-state index contributed by atoms with van der Waals surface area (Å²) >= 11 is 0. The smallest absolute Gasteiger partial charge is 0.237 e. The molecule has 0 bridgehead atoms. The summed E-state index contributed by atoms with van der Waals surface area (Å²) in [6.07, 6.45) is 17.0. The van der Waals surface area contributed by atoms with Gasteiger partial charge in [0.05, 0.1) is 74.0 Å². The summed E-state index contributed by atoms with van der Waals surface area (Å²) in [5.41, 5.74) is 16.5. The van der Waals surface area contributed by atoms with Crippen LogP contribution >= 0.6 is 0 Å².